The van der Waals surface area contributed by atoms with Gasteiger partial charge in [-0.3, -0.25) is 4.79 Å². The lowest BCUT2D eigenvalue weighted by atomic mass is 10.1. The molecule has 0 aromatic heterocycles. The second-order valence-electron chi connectivity index (χ2n) is 5.28. The van der Waals surface area contributed by atoms with Gasteiger partial charge in [-0.25, -0.2) is 0 Å². The van der Waals surface area contributed by atoms with Crippen molar-refractivity contribution in [2.45, 2.75) is 27.7 Å². The molecule has 0 aliphatic rings. The van der Waals surface area contributed by atoms with Gasteiger partial charge in [0.2, 0.25) is 0 Å². The summed E-state index contributed by atoms with van der Waals surface area (Å²) in [4.78, 5) is 12.5. The molecule has 122 valence electrons. The Morgan fingerprint density at radius 2 is 1.70 bits per heavy atom. The summed E-state index contributed by atoms with van der Waals surface area (Å²) in [5.74, 6) is 1.17. The Kier molecular flexibility index (Phi) is 5.63. The number of hydrogen-bond donors (Lipinski definition) is 1. The molecule has 0 unspecified atom stereocenters. The van der Waals surface area contributed by atoms with Gasteiger partial charge >= 0.3 is 0 Å². The fourth-order valence-corrected chi connectivity index (χ4v) is 2.22. The van der Waals surface area contributed by atoms with Crippen molar-refractivity contribution in [2.75, 3.05) is 18.5 Å². The summed E-state index contributed by atoms with van der Waals surface area (Å²) in [5, 5.41) is 2.91. The van der Waals surface area contributed by atoms with Crippen LogP contribution in [0, 0.1) is 13.8 Å². The minimum atomic E-state index is -0.164. The fraction of sp³-hybridized carbons (Fsp3) is 0.316. The number of rotatable bonds is 6. The van der Waals surface area contributed by atoms with Gasteiger partial charge in [0.25, 0.3) is 5.91 Å². The quantitative estimate of drug-likeness (QED) is 0.862. The van der Waals surface area contributed by atoms with Crippen LogP contribution in [0.4, 0.5) is 5.69 Å². The predicted molar refractivity (Wildman–Crippen MR) is 92.6 cm³/mol. The van der Waals surface area contributed by atoms with Crippen molar-refractivity contribution in [1.29, 1.82) is 0 Å². The smallest absolute Gasteiger partial charge is 0.255 e. The van der Waals surface area contributed by atoms with Crippen LogP contribution in [0.25, 0.3) is 0 Å². The Bertz CT molecular complexity index is 695. The summed E-state index contributed by atoms with van der Waals surface area (Å²) in [6.45, 7) is 8.94. The van der Waals surface area contributed by atoms with Crippen molar-refractivity contribution < 1.29 is 14.3 Å². The minimum absolute atomic E-state index is 0.164. The number of carbonyl (C=O) groups excluding carboxylic acids is 1. The second-order valence-corrected chi connectivity index (χ2v) is 5.28. The molecule has 2 aromatic carbocycles. The number of aryl methyl sites for hydroxylation is 2. The van der Waals surface area contributed by atoms with Gasteiger partial charge in [-0.05, 0) is 63.1 Å². The summed E-state index contributed by atoms with van der Waals surface area (Å²) in [5.41, 5.74) is 3.49. The topological polar surface area (TPSA) is 47.6 Å². The molecule has 0 saturated carbocycles. The van der Waals surface area contributed by atoms with E-state index in [1.54, 1.807) is 6.07 Å². The highest BCUT2D eigenvalue weighted by molar-refractivity contribution is 6.05. The third-order valence-electron chi connectivity index (χ3n) is 3.58. The van der Waals surface area contributed by atoms with E-state index < -0.39 is 0 Å². The predicted octanol–water partition coefficient (Wildman–Crippen LogP) is 4.35. The van der Waals surface area contributed by atoms with Gasteiger partial charge in [-0.2, -0.15) is 0 Å². The van der Waals surface area contributed by atoms with Crippen LogP contribution in [0.2, 0.25) is 0 Å². The Hall–Kier alpha value is -2.49. The third kappa shape index (κ3) is 4.25. The molecule has 0 radical (unpaired) electrons. The van der Waals surface area contributed by atoms with E-state index in [0.717, 1.165) is 11.1 Å². The lowest BCUT2D eigenvalue weighted by molar-refractivity contribution is 0.102. The molecule has 0 spiro atoms. The average Bonchev–Trinajstić information content (AvgIpc) is 2.53. The molecule has 2 rings (SSSR count). The molecular formula is C19H23NO3. The van der Waals surface area contributed by atoms with E-state index in [-0.39, 0.29) is 5.91 Å². The Morgan fingerprint density at radius 1 is 0.957 bits per heavy atom. The van der Waals surface area contributed by atoms with E-state index in [9.17, 15) is 4.79 Å². The second kappa shape index (κ2) is 7.68. The number of nitrogens with one attached hydrogen (secondary N) is 1. The van der Waals surface area contributed by atoms with Crippen molar-refractivity contribution >= 4 is 11.6 Å². The molecular weight excluding hydrogens is 290 g/mol. The Morgan fingerprint density at radius 3 is 2.35 bits per heavy atom. The van der Waals surface area contributed by atoms with Crippen LogP contribution in [-0.4, -0.2) is 19.1 Å². The summed E-state index contributed by atoms with van der Waals surface area (Å²) in [6.07, 6.45) is 0. The van der Waals surface area contributed by atoms with Gasteiger partial charge in [0.05, 0.1) is 18.9 Å². The molecule has 0 atom stereocenters. The maximum absolute atomic E-state index is 12.5. The van der Waals surface area contributed by atoms with E-state index in [1.807, 2.05) is 58.0 Å². The van der Waals surface area contributed by atoms with Crippen LogP contribution < -0.4 is 14.8 Å². The molecule has 2 aromatic rings. The fourth-order valence-electron chi connectivity index (χ4n) is 2.22. The van der Waals surface area contributed by atoms with Gasteiger partial charge in [-0.1, -0.05) is 6.07 Å². The van der Waals surface area contributed by atoms with Gasteiger partial charge in [0.15, 0.2) is 0 Å². The van der Waals surface area contributed by atoms with E-state index in [0.29, 0.717) is 36.0 Å². The number of carbonyl (C=O) groups is 1. The van der Waals surface area contributed by atoms with Crippen LogP contribution in [-0.2, 0) is 0 Å². The van der Waals surface area contributed by atoms with Crippen LogP contribution in [0.3, 0.4) is 0 Å². The molecule has 4 nitrogen and oxygen atoms in total. The normalized spacial score (nSPS) is 10.3. The van der Waals surface area contributed by atoms with E-state index >= 15 is 0 Å². The molecule has 0 heterocycles. The third-order valence-corrected chi connectivity index (χ3v) is 3.58. The zero-order chi connectivity index (χ0) is 16.8. The van der Waals surface area contributed by atoms with Crippen LogP contribution in [0.15, 0.2) is 36.4 Å². The zero-order valence-electron chi connectivity index (χ0n) is 14.1. The molecule has 23 heavy (non-hydrogen) atoms. The van der Waals surface area contributed by atoms with Crippen LogP contribution >= 0.6 is 0 Å². The standard InChI is InChI=1S/C19H23NO3/c1-5-22-16-9-10-18(23-6-2)17(12-16)20-19(21)15-8-7-13(3)14(4)11-15/h7-12H,5-6H2,1-4H3,(H,20,21). The number of hydrogen-bond acceptors (Lipinski definition) is 3. The molecule has 0 saturated heterocycles. The molecule has 0 bridgehead atoms. The molecule has 1 N–H and O–H groups in total. The Balaban J connectivity index is 2.27. The van der Waals surface area contributed by atoms with Gasteiger partial charge in [-0.15, -0.1) is 0 Å². The van der Waals surface area contributed by atoms with Gasteiger partial charge < -0.3 is 14.8 Å². The molecule has 0 aliphatic carbocycles. The number of amides is 1. The van der Waals surface area contributed by atoms with Crippen molar-refractivity contribution in [1.82, 2.24) is 0 Å². The van der Waals surface area contributed by atoms with Gasteiger partial charge in [0, 0.05) is 11.6 Å². The van der Waals surface area contributed by atoms with Crippen molar-refractivity contribution in [2.24, 2.45) is 0 Å². The monoisotopic (exact) mass is 313 g/mol. The molecule has 0 fully saturated rings. The minimum Gasteiger partial charge on any atom is -0.494 e. The zero-order valence-corrected chi connectivity index (χ0v) is 14.1. The lowest BCUT2D eigenvalue weighted by Crippen LogP contribution is -2.13. The maximum atomic E-state index is 12.5. The summed E-state index contributed by atoms with van der Waals surface area (Å²) >= 11 is 0. The largest absolute Gasteiger partial charge is 0.494 e. The van der Waals surface area contributed by atoms with Crippen molar-refractivity contribution in [3.05, 3.63) is 53.1 Å². The maximum Gasteiger partial charge on any atom is 0.255 e. The highest BCUT2D eigenvalue weighted by Crippen LogP contribution is 2.30. The first kappa shape index (κ1) is 16.9. The van der Waals surface area contributed by atoms with Crippen LogP contribution in [0.1, 0.15) is 35.3 Å². The lowest BCUT2D eigenvalue weighted by Gasteiger charge is -2.14. The molecule has 4 heteroatoms. The van der Waals surface area contributed by atoms with Crippen molar-refractivity contribution in [3.63, 3.8) is 0 Å². The SMILES string of the molecule is CCOc1ccc(OCC)c(NC(=O)c2ccc(C)c(C)c2)c1. The van der Waals surface area contributed by atoms with E-state index in [1.165, 1.54) is 0 Å². The molecule has 0 aliphatic heterocycles. The van der Waals surface area contributed by atoms with Crippen molar-refractivity contribution in [3.8, 4) is 11.5 Å². The first-order valence-corrected chi connectivity index (χ1v) is 7.83. The first-order chi connectivity index (χ1) is 11.0. The number of anilines is 1. The van der Waals surface area contributed by atoms with Gasteiger partial charge in [0.1, 0.15) is 11.5 Å². The highest BCUT2D eigenvalue weighted by Gasteiger charge is 2.12. The van der Waals surface area contributed by atoms with E-state index in [2.05, 4.69) is 5.32 Å². The molecule has 1 amide bonds. The Labute approximate surface area is 137 Å². The first-order valence-electron chi connectivity index (χ1n) is 7.83. The summed E-state index contributed by atoms with van der Waals surface area (Å²) < 4.78 is 11.1. The number of ether oxygens (including phenoxy) is 2. The number of benzene rings is 2. The summed E-state index contributed by atoms with van der Waals surface area (Å²) in [7, 11) is 0. The average molecular weight is 313 g/mol. The highest BCUT2D eigenvalue weighted by atomic mass is 16.5. The van der Waals surface area contributed by atoms with Crippen LogP contribution in [0.5, 0.6) is 11.5 Å². The summed E-state index contributed by atoms with van der Waals surface area (Å²) in [6, 6.07) is 11.1. The van der Waals surface area contributed by atoms with E-state index in [4.69, 9.17) is 9.47 Å².